The van der Waals surface area contributed by atoms with E-state index in [1.165, 1.54) is 0 Å². The maximum absolute atomic E-state index is 14.5. The van der Waals surface area contributed by atoms with Gasteiger partial charge in [-0.15, -0.1) is 0 Å². The van der Waals surface area contributed by atoms with E-state index in [1.54, 1.807) is 0 Å². The van der Waals surface area contributed by atoms with Crippen LogP contribution in [0.5, 0.6) is 0 Å². The van der Waals surface area contributed by atoms with Gasteiger partial charge in [0.25, 0.3) is 0 Å². The van der Waals surface area contributed by atoms with Gasteiger partial charge in [-0.3, -0.25) is 19.2 Å². The first-order valence-electron chi connectivity index (χ1n) is 18.3. The highest BCUT2D eigenvalue weighted by Gasteiger charge is 2.57. The van der Waals surface area contributed by atoms with Crippen LogP contribution in [0.15, 0.2) is 0 Å². The number of esters is 4. The number of carbonyl (C=O) groups is 4. The van der Waals surface area contributed by atoms with Gasteiger partial charge in [0.2, 0.25) is 0 Å². The summed E-state index contributed by atoms with van der Waals surface area (Å²) in [5.41, 5.74) is -4.07. The molecule has 4 saturated heterocycles. The highest BCUT2D eigenvalue weighted by Crippen LogP contribution is 2.39. The van der Waals surface area contributed by atoms with E-state index >= 15 is 0 Å². The van der Waals surface area contributed by atoms with Gasteiger partial charge in [-0.2, -0.15) is 0 Å². The van der Waals surface area contributed by atoms with E-state index in [0.29, 0.717) is 25.7 Å². The SMILES string of the molecule is CC1(C)CC(OC(=O)C(C(=O)OC2CC(C)(C)NC2(C)C)C(C(=O)OC2CC(C)(C)NC2(C)C)C(=O)OC2CC(C)(C)NC2(C)C)C(C)(C)N1. The van der Waals surface area contributed by atoms with Crippen LogP contribution in [0.4, 0.5) is 0 Å². The Balaban J connectivity index is 1.77. The Morgan fingerprint density at radius 2 is 0.540 bits per heavy atom. The van der Waals surface area contributed by atoms with Crippen LogP contribution in [-0.4, -0.2) is 92.6 Å². The summed E-state index contributed by atoms with van der Waals surface area (Å²) >= 11 is 0. The third-order valence-electron chi connectivity index (χ3n) is 11.0. The summed E-state index contributed by atoms with van der Waals surface area (Å²) in [6, 6.07) is 0. The number of ether oxygens (including phenoxy) is 4. The van der Waals surface area contributed by atoms with Gasteiger partial charge >= 0.3 is 23.9 Å². The summed E-state index contributed by atoms with van der Waals surface area (Å²) in [7, 11) is 0. The lowest BCUT2D eigenvalue weighted by Crippen LogP contribution is -2.53. The van der Waals surface area contributed by atoms with Gasteiger partial charge in [-0.25, -0.2) is 0 Å². The lowest BCUT2D eigenvalue weighted by atomic mass is 9.89. The van der Waals surface area contributed by atoms with Crippen molar-refractivity contribution in [3.05, 3.63) is 0 Å². The van der Waals surface area contributed by atoms with Crippen LogP contribution in [0.25, 0.3) is 0 Å². The molecule has 4 atom stereocenters. The smallest absolute Gasteiger partial charge is 0.322 e. The molecule has 0 saturated carbocycles. The van der Waals surface area contributed by atoms with Crippen molar-refractivity contribution >= 4 is 23.9 Å². The first kappa shape index (κ1) is 40.5. The molecule has 0 aromatic heterocycles. The number of hydrogen-bond donors (Lipinski definition) is 4. The topological polar surface area (TPSA) is 153 Å². The van der Waals surface area contributed by atoms with Crippen molar-refractivity contribution in [1.29, 1.82) is 0 Å². The fourth-order valence-electron chi connectivity index (χ4n) is 9.24. The van der Waals surface area contributed by atoms with Gasteiger partial charge in [0, 0.05) is 47.8 Å². The van der Waals surface area contributed by atoms with E-state index in [9.17, 15) is 19.2 Å². The van der Waals surface area contributed by atoms with Gasteiger partial charge in [0.15, 0.2) is 11.8 Å². The Morgan fingerprint density at radius 3 is 0.660 bits per heavy atom. The van der Waals surface area contributed by atoms with Gasteiger partial charge in [-0.1, -0.05) is 0 Å². The molecule has 4 rings (SSSR count). The lowest BCUT2D eigenvalue weighted by molar-refractivity contribution is -0.189. The number of rotatable bonds is 9. The predicted molar refractivity (Wildman–Crippen MR) is 190 cm³/mol. The van der Waals surface area contributed by atoms with Crippen LogP contribution in [0.3, 0.4) is 0 Å². The molecule has 0 amide bonds. The Morgan fingerprint density at radius 1 is 0.380 bits per heavy atom. The van der Waals surface area contributed by atoms with E-state index in [0.717, 1.165) is 0 Å². The van der Waals surface area contributed by atoms with Crippen molar-refractivity contribution in [2.45, 2.75) is 205 Å². The molecular weight excluding hydrogens is 640 g/mol. The summed E-state index contributed by atoms with van der Waals surface area (Å²) in [4.78, 5) is 57.9. The third kappa shape index (κ3) is 8.84. The summed E-state index contributed by atoms with van der Waals surface area (Å²) in [5, 5.41) is 13.9. The molecule has 0 aromatic rings. The second kappa shape index (κ2) is 12.7. The average Bonchev–Trinajstić information content (AvgIpc) is 3.39. The summed E-state index contributed by atoms with van der Waals surface area (Å²) in [5.74, 6) is -8.04. The molecule has 4 aliphatic heterocycles. The quantitative estimate of drug-likeness (QED) is 0.155. The molecular formula is C38H66N4O8. The van der Waals surface area contributed by atoms with E-state index in [-0.39, 0.29) is 22.2 Å². The zero-order chi connectivity index (χ0) is 38.3. The minimum absolute atomic E-state index is 0.367. The van der Waals surface area contributed by atoms with Gasteiger partial charge in [-0.05, 0) is 111 Å². The van der Waals surface area contributed by atoms with Crippen molar-refractivity contribution in [2.24, 2.45) is 11.8 Å². The van der Waals surface area contributed by atoms with Crippen LogP contribution >= 0.6 is 0 Å². The standard InChI is InChI=1S/C38H66N4O8/c1-31(2)17-21(35(9,10)39-31)47-27(43)25(28(44)48-22-18-32(3,4)40-36(22,11)12)26(29(45)49-23-19-33(5,6)41-37(23,13)14)30(46)50-24-20-34(7,8)42-38(24,15)16/h21-26,39-42H,17-20H2,1-16H3. The minimum Gasteiger partial charge on any atom is -0.460 e. The van der Waals surface area contributed by atoms with E-state index in [2.05, 4.69) is 21.3 Å². The maximum atomic E-state index is 14.5. The van der Waals surface area contributed by atoms with Crippen molar-refractivity contribution in [2.75, 3.05) is 0 Å². The molecule has 4 heterocycles. The Labute approximate surface area is 300 Å². The molecule has 0 radical (unpaired) electrons. The highest BCUT2D eigenvalue weighted by atomic mass is 16.6. The Hall–Kier alpha value is -2.28. The predicted octanol–water partition coefficient (Wildman–Crippen LogP) is 4.07. The molecule has 4 unspecified atom stereocenters. The normalized spacial score (nSPS) is 33.2. The van der Waals surface area contributed by atoms with Gasteiger partial charge in [0.05, 0.1) is 22.2 Å². The van der Waals surface area contributed by atoms with Crippen molar-refractivity contribution in [3.8, 4) is 0 Å². The van der Waals surface area contributed by atoms with Gasteiger partial charge < -0.3 is 40.2 Å². The lowest BCUT2D eigenvalue weighted by Gasteiger charge is -2.33. The van der Waals surface area contributed by atoms with Crippen LogP contribution < -0.4 is 21.3 Å². The second-order valence-electron chi connectivity index (χ2n) is 20.4. The molecule has 0 aromatic carbocycles. The van der Waals surface area contributed by atoms with E-state index < -0.39 is 82.3 Å². The molecule has 4 N–H and O–H groups in total. The Bertz CT molecular complexity index is 1160. The van der Waals surface area contributed by atoms with E-state index in [1.807, 2.05) is 111 Å². The number of hydrogen-bond acceptors (Lipinski definition) is 12. The van der Waals surface area contributed by atoms with Crippen LogP contribution in [0.1, 0.15) is 136 Å². The molecule has 12 heteroatoms. The van der Waals surface area contributed by atoms with Crippen molar-refractivity contribution in [3.63, 3.8) is 0 Å². The average molecular weight is 707 g/mol. The number of carbonyl (C=O) groups excluding carboxylic acids is 4. The summed E-state index contributed by atoms with van der Waals surface area (Å²) in [6.45, 7) is 31.3. The molecule has 50 heavy (non-hydrogen) atoms. The second-order valence-corrected chi connectivity index (χ2v) is 20.4. The molecule has 286 valence electrons. The molecule has 0 spiro atoms. The fourth-order valence-corrected chi connectivity index (χ4v) is 9.24. The molecule has 0 aliphatic carbocycles. The van der Waals surface area contributed by atoms with Crippen molar-refractivity contribution in [1.82, 2.24) is 21.3 Å². The van der Waals surface area contributed by atoms with Gasteiger partial charge in [0.1, 0.15) is 24.4 Å². The van der Waals surface area contributed by atoms with E-state index in [4.69, 9.17) is 18.9 Å². The fraction of sp³-hybridized carbons (Fsp3) is 0.895. The minimum atomic E-state index is -1.97. The highest BCUT2D eigenvalue weighted by molar-refractivity contribution is 6.07. The first-order valence-corrected chi connectivity index (χ1v) is 18.3. The maximum Gasteiger partial charge on any atom is 0.322 e. The zero-order valence-corrected chi connectivity index (χ0v) is 33.6. The molecule has 4 fully saturated rings. The molecule has 12 nitrogen and oxygen atoms in total. The third-order valence-corrected chi connectivity index (χ3v) is 11.0. The van der Waals surface area contributed by atoms with Crippen LogP contribution in [-0.2, 0) is 38.1 Å². The summed E-state index contributed by atoms with van der Waals surface area (Å²) in [6.07, 6.45) is -0.820. The largest absolute Gasteiger partial charge is 0.460 e. The summed E-state index contributed by atoms with van der Waals surface area (Å²) < 4.78 is 24.5. The van der Waals surface area contributed by atoms with Crippen LogP contribution in [0, 0.1) is 11.8 Å². The van der Waals surface area contributed by atoms with Crippen molar-refractivity contribution < 1.29 is 38.1 Å². The zero-order valence-electron chi connectivity index (χ0n) is 33.6. The number of nitrogens with one attached hydrogen (secondary N) is 4. The molecule has 4 aliphatic rings. The Kier molecular flexibility index (Phi) is 10.3. The first-order chi connectivity index (χ1) is 22.3. The molecule has 0 bridgehead atoms. The van der Waals surface area contributed by atoms with Crippen LogP contribution in [0.2, 0.25) is 0 Å². The monoisotopic (exact) mass is 706 g/mol.